The Morgan fingerprint density at radius 2 is 1.91 bits per heavy atom. The first-order chi connectivity index (χ1) is 15.1. The number of nitrogens with one attached hydrogen (secondary N) is 2. The minimum atomic E-state index is -0.239. The van der Waals surface area contributed by atoms with Gasteiger partial charge in [0.1, 0.15) is 17.3 Å². The number of aliphatic imine (C=N–C) groups is 1. The van der Waals surface area contributed by atoms with Crippen LogP contribution in [0.4, 0.5) is 4.39 Å². The number of morpholine rings is 1. The number of ether oxygens (including phenoxy) is 2. The molecule has 0 spiro atoms. The summed E-state index contributed by atoms with van der Waals surface area (Å²) in [5.41, 5.74) is 1.88. The molecule has 3 N–H and O–H groups in total. The topological polar surface area (TPSA) is 78.4 Å². The van der Waals surface area contributed by atoms with Crippen molar-refractivity contribution in [3.8, 4) is 11.5 Å². The van der Waals surface area contributed by atoms with Crippen LogP contribution in [0.1, 0.15) is 17.2 Å². The maximum Gasteiger partial charge on any atom is 0.191 e. The Morgan fingerprint density at radius 1 is 1.19 bits per heavy atom. The van der Waals surface area contributed by atoms with Gasteiger partial charge in [0.05, 0.1) is 26.4 Å². The van der Waals surface area contributed by atoms with Crippen molar-refractivity contribution in [3.63, 3.8) is 0 Å². The zero-order valence-electron chi connectivity index (χ0n) is 18.5. The van der Waals surface area contributed by atoms with Crippen LogP contribution in [0.2, 0.25) is 0 Å². The molecule has 1 unspecified atom stereocenters. The Bertz CT molecular complexity index is 861. The Morgan fingerprint density at radius 3 is 2.53 bits per heavy atom. The number of benzene rings is 2. The van der Waals surface area contributed by atoms with Gasteiger partial charge >= 0.3 is 0 Å². The smallest absolute Gasteiger partial charge is 0.191 e. The zero-order valence-corrected chi connectivity index (χ0v) is 20.8. The summed E-state index contributed by atoms with van der Waals surface area (Å²) in [6.07, 6.45) is 0.640. The number of phenolic OH excluding ortho intramolecular Hbond substituents is 1. The number of guanidine groups is 1. The van der Waals surface area contributed by atoms with Crippen LogP contribution in [0.25, 0.3) is 0 Å². The molecule has 2 aromatic rings. The van der Waals surface area contributed by atoms with Gasteiger partial charge in [-0.1, -0.05) is 18.2 Å². The molecule has 176 valence electrons. The van der Waals surface area contributed by atoms with Crippen molar-refractivity contribution in [3.05, 3.63) is 59.4 Å². The van der Waals surface area contributed by atoms with Crippen LogP contribution in [-0.4, -0.2) is 69.5 Å². The summed E-state index contributed by atoms with van der Waals surface area (Å²) >= 11 is 0. The fourth-order valence-electron chi connectivity index (χ4n) is 3.64. The lowest BCUT2D eigenvalue weighted by molar-refractivity contribution is 0.0170. The summed E-state index contributed by atoms with van der Waals surface area (Å²) in [6.45, 7) is 4.27. The molecule has 0 amide bonds. The van der Waals surface area contributed by atoms with Gasteiger partial charge in [-0.05, 0) is 35.7 Å². The van der Waals surface area contributed by atoms with Gasteiger partial charge in [0.15, 0.2) is 5.96 Å². The van der Waals surface area contributed by atoms with Gasteiger partial charge in [-0.2, -0.15) is 0 Å². The molecule has 1 heterocycles. The Balaban J connectivity index is 0.00000363. The predicted octanol–water partition coefficient (Wildman–Crippen LogP) is 2.94. The molecule has 9 heteroatoms. The van der Waals surface area contributed by atoms with E-state index in [2.05, 4.69) is 20.5 Å². The molecule has 1 aliphatic rings. The molecule has 0 bridgehead atoms. The zero-order chi connectivity index (χ0) is 22.1. The number of rotatable bonds is 8. The molecular formula is C23H32FIN4O3. The molecule has 0 aliphatic carbocycles. The van der Waals surface area contributed by atoms with Crippen LogP contribution in [0.15, 0.2) is 47.5 Å². The second-order valence-electron chi connectivity index (χ2n) is 7.34. The average molecular weight is 558 g/mol. The summed E-state index contributed by atoms with van der Waals surface area (Å²) in [5, 5.41) is 16.8. The van der Waals surface area contributed by atoms with Crippen molar-refractivity contribution < 1.29 is 19.0 Å². The maximum atomic E-state index is 13.4. The van der Waals surface area contributed by atoms with Crippen LogP contribution in [0.5, 0.6) is 11.5 Å². The molecule has 0 radical (unpaired) electrons. The van der Waals surface area contributed by atoms with Gasteiger partial charge in [-0.15, -0.1) is 24.0 Å². The van der Waals surface area contributed by atoms with Crippen molar-refractivity contribution in [2.75, 3.05) is 53.6 Å². The average Bonchev–Trinajstić information content (AvgIpc) is 2.80. The number of hydrogen-bond donors (Lipinski definition) is 3. The molecule has 0 saturated carbocycles. The van der Waals surface area contributed by atoms with E-state index in [4.69, 9.17) is 9.47 Å². The lowest BCUT2D eigenvalue weighted by atomic mass is 10.0. The van der Waals surface area contributed by atoms with Crippen molar-refractivity contribution in [2.45, 2.75) is 12.5 Å². The van der Waals surface area contributed by atoms with Crippen molar-refractivity contribution in [2.24, 2.45) is 4.99 Å². The first kappa shape index (κ1) is 26.1. The summed E-state index contributed by atoms with van der Waals surface area (Å²) < 4.78 is 24.0. The first-order valence-electron chi connectivity index (χ1n) is 10.5. The highest BCUT2D eigenvalue weighted by Crippen LogP contribution is 2.24. The Hall–Kier alpha value is -2.11. The molecule has 1 atom stereocenters. The quantitative estimate of drug-likeness (QED) is 0.263. The van der Waals surface area contributed by atoms with Crippen molar-refractivity contribution in [1.82, 2.24) is 15.5 Å². The number of hydrogen-bond acceptors (Lipinski definition) is 5. The van der Waals surface area contributed by atoms with E-state index in [1.54, 1.807) is 20.2 Å². The second kappa shape index (κ2) is 13.4. The van der Waals surface area contributed by atoms with E-state index in [-0.39, 0.29) is 41.6 Å². The fraction of sp³-hybridized carbons (Fsp3) is 0.435. The molecule has 32 heavy (non-hydrogen) atoms. The number of phenols is 1. The highest BCUT2D eigenvalue weighted by atomic mass is 127. The second-order valence-corrected chi connectivity index (χ2v) is 7.34. The molecule has 1 aliphatic heterocycles. The SMILES string of the molecule is CN=C(NCCc1ccc(OC)cc1O)NCC(c1ccc(F)cc1)N1CCOCC1.I. The highest BCUT2D eigenvalue weighted by Gasteiger charge is 2.23. The van der Waals surface area contributed by atoms with Crippen LogP contribution < -0.4 is 15.4 Å². The van der Waals surface area contributed by atoms with E-state index in [1.165, 1.54) is 12.1 Å². The molecule has 1 fully saturated rings. The van der Waals surface area contributed by atoms with E-state index < -0.39 is 0 Å². The van der Waals surface area contributed by atoms with Gasteiger partial charge in [0.25, 0.3) is 0 Å². The summed E-state index contributed by atoms with van der Waals surface area (Å²) in [7, 11) is 3.30. The van der Waals surface area contributed by atoms with E-state index in [9.17, 15) is 9.50 Å². The molecular weight excluding hydrogens is 526 g/mol. The normalized spacial score (nSPS) is 15.5. The lowest BCUT2D eigenvalue weighted by Crippen LogP contribution is -2.46. The standard InChI is InChI=1S/C23H31FN4O3.HI/c1-25-23(26-10-9-18-5-8-20(30-2)15-22(18)29)27-16-21(28-11-13-31-14-12-28)17-3-6-19(24)7-4-17;/h3-8,15,21,29H,9-14,16H2,1-2H3,(H2,25,26,27);1H. The van der Waals surface area contributed by atoms with Crippen molar-refractivity contribution >= 4 is 29.9 Å². The molecule has 2 aromatic carbocycles. The third-order valence-corrected chi connectivity index (χ3v) is 5.41. The lowest BCUT2D eigenvalue weighted by Gasteiger charge is -2.35. The van der Waals surface area contributed by atoms with Crippen LogP contribution in [0, 0.1) is 5.82 Å². The number of nitrogens with zero attached hydrogens (tertiary/aromatic N) is 2. The fourth-order valence-corrected chi connectivity index (χ4v) is 3.64. The monoisotopic (exact) mass is 558 g/mol. The van der Waals surface area contributed by atoms with E-state index in [0.29, 0.717) is 44.4 Å². The maximum absolute atomic E-state index is 13.4. The van der Waals surface area contributed by atoms with Gasteiger partial charge in [-0.3, -0.25) is 9.89 Å². The third-order valence-electron chi connectivity index (χ3n) is 5.41. The van der Waals surface area contributed by atoms with Crippen LogP contribution in [-0.2, 0) is 11.2 Å². The number of halogens is 2. The Kier molecular flexibility index (Phi) is 11.0. The number of methoxy groups -OCH3 is 1. The van der Waals surface area contributed by atoms with Gasteiger partial charge in [-0.25, -0.2) is 4.39 Å². The van der Waals surface area contributed by atoms with Crippen LogP contribution in [0.3, 0.4) is 0 Å². The first-order valence-corrected chi connectivity index (χ1v) is 10.5. The third kappa shape index (κ3) is 7.49. The minimum Gasteiger partial charge on any atom is -0.508 e. The van der Waals surface area contributed by atoms with E-state index in [1.807, 2.05) is 24.3 Å². The largest absolute Gasteiger partial charge is 0.508 e. The molecule has 1 saturated heterocycles. The van der Waals surface area contributed by atoms with Crippen LogP contribution >= 0.6 is 24.0 Å². The highest BCUT2D eigenvalue weighted by molar-refractivity contribution is 14.0. The van der Waals surface area contributed by atoms with Gasteiger partial charge in [0, 0.05) is 39.3 Å². The summed E-state index contributed by atoms with van der Waals surface area (Å²) in [4.78, 5) is 6.64. The van der Waals surface area contributed by atoms with Gasteiger partial charge < -0.3 is 25.2 Å². The molecule has 7 nitrogen and oxygen atoms in total. The van der Waals surface area contributed by atoms with E-state index >= 15 is 0 Å². The summed E-state index contributed by atoms with van der Waals surface area (Å²) in [6, 6.07) is 12.0. The predicted molar refractivity (Wildman–Crippen MR) is 135 cm³/mol. The van der Waals surface area contributed by atoms with E-state index in [0.717, 1.165) is 24.2 Å². The van der Waals surface area contributed by atoms with Crippen molar-refractivity contribution in [1.29, 1.82) is 0 Å². The van der Waals surface area contributed by atoms with Gasteiger partial charge in [0.2, 0.25) is 0 Å². The Labute approximate surface area is 206 Å². The molecule has 0 aromatic heterocycles. The number of aromatic hydroxyl groups is 1. The minimum absolute atomic E-state index is 0. The molecule has 3 rings (SSSR count). The summed E-state index contributed by atoms with van der Waals surface area (Å²) in [5.74, 6) is 1.28.